The molecule has 5 nitrogen and oxygen atoms in total. The third-order valence-electron chi connectivity index (χ3n) is 4.70. The molecule has 3 aromatic carbocycles. The molecule has 0 saturated carbocycles. The summed E-state index contributed by atoms with van der Waals surface area (Å²) in [6, 6.07) is 17.0. The second-order valence-electron chi connectivity index (χ2n) is 6.67. The number of amides is 1. The summed E-state index contributed by atoms with van der Waals surface area (Å²) in [5.41, 5.74) is 2.41. The number of hydrogen-bond acceptors (Lipinski definition) is 4. The Morgan fingerprint density at radius 2 is 1.90 bits per heavy atom. The maximum atomic E-state index is 13.0. The molecule has 0 fully saturated rings. The molecule has 29 heavy (non-hydrogen) atoms. The van der Waals surface area contributed by atoms with Crippen LogP contribution >= 0.6 is 11.6 Å². The highest BCUT2D eigenvalue weighted by Gasteiger charge is 2.29. The third-order valence-corrected chi connectivity index (χ3v) is 4.99. The SMILES string of the molecule is CCOc1cc(/C=C2\C(=O)N(c3ccc4ccccc4c3)N=C2C)cc(Cl)c1O. The van der Waals surface area contributed by atoms with Gasteiger partial charge >= 0.3 is 0 Å². The zero-order valence-corrected chi connectivity index (χ0v) is 16.8. The van der Waals surface area contributed by atoms with Gasteiger partial charge in [0.15, 0.2) is 11.5 Å². The van der Waals surface area contributed by atoms with Crippen molar-refractivity contribution in [2.45, 2.75) is 13.8 Å². The molecule has 0 atom stereocenters. The average Bonchev–Trinajstić information content (AvgIpc) is 2.99. The van der Waals surface area contributed by atoms with Gasteiger partial charge in [0.1, 0.15) is 0 Å². The minimum Gasteiger partial charge on any atom is -0.503 e. The summed E-state index contributed by atoms with van der Waals surface area (Å²) in [5, 5.41) is 18.2. The molecule has 1 heterocycles. The van der Waals surface area contributed by atoms with E-state index in [-0.39, 0.29) is 22.4 Å². The highest BCUT2D eigenvalue weighted by molar-refractivity contribution is 6.33. The van der Waals surface area contributed by atoms with Gasteiger partial charge in [0, 0.05) is 0 Å². The fourth-order valence-corrected chi connectivity index (χ4v) is 3.50. The summed E-state index contributed by atoms with van der Waals surface area (Å²) in [4.78, 5) is 13.0. The molecule has 0 aliphatic carbocycles. The van der Waals surface area contributed by atoms with E-state index in [4.69, 9.17) is 16.3 Å². The summed E-state index contributed by atoms with van der Waals surface area (Å²) in [7, 11) is 0. The van der Waals surface area contributed by atoms with Gasteiger partial charge in [-0.3, -0.25) is 4.79 Å². The molecule has 0 spiro atoms. The van der Waals surface area contributed by atoms with Gasteiger partial charge in [0.05, 0.1) is 28.6 Å². The molecule has 6 heteroatoms. The minimum atomic E-state index is -0.222. The summed E-state index contributed by atoms with van der Waals surface area (Å²) in [5.74, 6) is -0.0604. The minimum absolute atomic E-state index is 0.114. The monoisotopic (exact) mass is 406 g/mol. The van der Waals surface area contributed by atoms with Crippen molar-refractivity contribution >= 4 is 45.8 Å². The van der Waals surface area contributed by atoms with Crippen LogP contribution in [0.4, 0.5) is 5.69 Å². The lowest BCUT2D eigenvalue weighted by molar-refractivity contribution is -0.114. The molecule has 0 radical (unpaired) electrons. The number of nitrogens with zero attached hydrogens (tertiary/aromatic N) is 2. The van der Waals surface area contributed by atoms with Crippen molar-refractivity contribution in [1.82, 2.24) is 0 Å². The van der Waals surface area contributed by atoms with Gasteiger partial charge in [-0.25, -0.2) is 0 Å². The van der Waals surface area contributed by atoms with Crippen molar-refractivity contribution in [3.05, 3.63) is 70.8 Å². The molecular formula is C23H19ClN2O3. The van der Waals surface area contributed by atoms with Crippen LogP contribution in [0.15, 0.2) is 65.3 Å². The molecule has 1 aliphatic rings. The number of hydrogen-bond donors (Lipinski definition) is 1. The lowest BCUT2D eigenvalue weighted by Gasteiger charge is -2.13. The maximum Gasteiger partial charge on any atom is 0.280 e. The van der Waals surface area contributed by atoms with Crippen LogP contribution in [0.25, 0.3) is 16.8 Å². The Morgan fingerprint density at radius 1 is 1.14 bits per heavy atom. The number of phenolic OH excluding ortho intramolecular Hbond substituents is 1. The standard InChI is InChI=1S/C23H19ClN2O3/c1-3-29-21-12-15(11-20(24)22(21)27)10-19-14(2)25-26(23(19)28)18-9-8-16-6-4-5-7-17(16)13-18/h4-13,27H,3H2,1-2H3/b19-10-. The van der Waals surface area contributed by atoms with Gasteiger partial charge in [-0.1, -0.05) is 41.9 Å². The molecule has 0 aromatic heterocycles. The normalized spacial score (nSPS) is 15.3. The number of rotatable bonds is 4. The van der Waals surface area contributed by atoms with Gasteiger partial charge in [-0.05, 0) is 60.5 Å². The van der Waals surface area contributed by atoms with E-state index in [2.05, 4.69) is 5.10 Å². The van der Waals surface area contributed by atoms with Gasteiger partial charge in [-0.2, -0.15) is 10.1 Å². The zero-order chi connectivity index (χ0) is 20.5. The first kappa shape index (κ1) is 19.0. The number of carbonyl (C=O) groups is 1. The van der Waals surface area contributed by atoms with Crippen LogP contribution in [0, 0.1) is 0 Å². The Labute approximate surface area is 173 Å². The van der Waals surface area contributed by atoms with Crippen LogP contribution in [0.2, 0.25) is 5.02 Å². The number of hydrazone groups is 1. The van der Waals surface area contributed by atoms with Crippen molar-refractivity contribution in [3.63, 3.8) is 0 Å². The molecular weight excluding hydrogens is 388 g/mol. The number of phenols is 1. The Balaban J connectivity index is 1.70. The molecule has 1 N–H and O–H groups in total. The average molecular weight is 407 g/mol. The molecule has 1 aliphatic heterocycles. The van der Waals surface area contributed by atoms with Crippen LogP contribution in [-0.2, 0) is 4.79 Å². The zero-order valence-electron chi connectivity index (χ0n) is 16.0. The fraction of sp³-hybridized carbons (Fsp3) is 0.130. The summed E-state index contributed by atoms with van der Waals surface area (Å²) in [6.07, 6.45) is 1.70. The number of anilines is 1. The van der Waals surface area contributed by atoms with Gasteiger partial charge in [0.2, 0.25) is 0 Å². The lowest BCUT2D eigenvalue weighted by atomic mass is 10.1. The van der Waals surface area contributed by atoms with E-state index in [0.29, 0.717) is 29.1 Å². The molecule has 3 aromatic rings. The predicted octanol–water partition coefficient (Wildman–Crippen LogP) is 5.40. The van der Waals surface area contributed by atoms with Crippen molar-refractivity contribution in [2.24, 2.45) is 5.10 Å². The summed E-state index contributed by atoms with van der Waals surface area (Å²) < 4.78 is 5.42. The van der Waals surface area contributed by atoms with Crippen LogP contribution < -0.4 is 9.75 Å². The summed E-state index contributed by atoms with van der Waals surface area (Å²) >= 11 is 6.11. The Kier molecular flexibility index (Phi) is 4.99. The third kappa shape index (κ3) is 3.57. The number of aromatic hydroxyl groups is 1. The maximum absolute atomic E-state index is 13.0. The first-order valence-corrected chi connectivity index (χ1v) is 9.61. The second-order valence-corrected chi connectivity index (χ2v) is 7.08. The smallest absolute Gasteiger partial charge is 0.280 e. The van der Waals surface area contributed by atoms with E-state index >= 15 is 0 Å². The molecule has 0 unspecified atom stereocenters. The first-order valence-electron chi connectivity index (χ1n) is 9.23. The molecule has 0 bridgehead atoms. The lowest BCUT2D eigenvalue weighted by Crippen LogP contribution is -2.21. The Morgan fingerprint density at radius 3 is 2.66 bits per heavy atom. The molecule has 4 rings (SSSR count). The van der Waals surface area contributed by atoms with Crippen LogP contribution in [0.3, 0.4) is 0 Å². The topological polar surface area (TPSA) is 62.1 Å². The quantitative estimate of drug-likeness (QED) is 0.590. The van der Waals surface area contributed by atoms with Crippen LogP contribution in [0.1, 0.15) is 19.4 Å². The largest absolute Gasteiger partial charge is 0.503 e. The number of fused-ring (bicyclic) bond motifs is 1. The van der Waals surface area contributed by atoms with E-state index in [9.17, 15) is 9.90 Å². The van der Waals surface area contributed by atoms with Gasteiger partial charge in [0.25, 0.3) is 5.91 Å². The van der Waals surface area contributed by atoms with E-state index in [1.165, 1.54) is 5.01 Å². The Hall–Kier alpha value is -3.31. The van der Waals surface area contributed by atoms with E-state index in [1.54, 1.807) is 25.1 Å². The molecule has 1 amide bonds. The highest BCUT2D eigenvalue weighted by atomic mass is 35.5. The van der Waals surface area contributed by atoms with Crippen LogP contribution in [0.5, 0.6) is 11.5 Å². The second kappa shape index (κ2) is 7.60. The first-order chi connectivity index (χ1) is 14.0. The highest BCUT2D eigenvalue weighted by Crippen LogP contribution is 2.36. The number of halogens is 1. The van der Waals surface area contributed by atoms with Crippen molar-refractivity contribution < 1.29 is 14.6 Å². The number of carbonyl (C=O) groups excluding carboxylic acids is 1. The van der Waals surface area contributed by atoms with Crippen molar-refractivity contribution in [3.8, 4) is 11.5 Å². The van der Waals surface area contributed by atoms with Crippen molar-refractivity contribution in [2.75, 3.05) is 11.6 Å². The molecule has 0 saturated heterocycles. The summed E-state index contributed by atoms with van der Waals surface area (Å²) in [6.45, 7) is 3.99. The molecule has 146 valence electrons. The Bertz CT molecular complexity index is 1180. The van der Waals surface area contributed by atoms with Gasteiger partial charge < -0.3 is 9.84 Å². The predicted molar refractivity (Wildman–Crippen MR) is 117 cm³/mol. The van der Waals surface area contributed by atoms with E-state index in [1.807, 2.05) is 49.4 Å². The van der Waals surface area contributed by atoms with E-state index < -0.39 is 0 Å². The number of benzene rings is 3. The van der Waals surface area contributed by atoms with Crippen molar-refractivity contribution in [1.29, 1.82) is 0 Å². The number of ether oxygens (including phenoxy) is 1. The van der Waals surface area contributed by atoms with Gasteiger partial charge in [-0.15, -0.1) is 0 Å². The fourth-order valence-electron chi connectivity index (χ4n) is 3.28. The van der Waals surface area contributed by atoms with Crippen LogP contribution in [-0.4, -0.2) is 23.3 Å². The van der Waals surface area contributed by atoms with E-state index in [0.717, 1.165) is 10.8 Å².